The topological polar surface area (TPSA) is 105 Å². The minimum absolute atomic E-state index is 0.0826. The molecule has 1 amide bonds. The van der Waals surface area contributed by atoms with E-state index in [0.29, 0.717) is 17.9 Å². The molecule has 0 spiro atoms. The number of anilines is 1. The summed E-state index contributed by atoms with van der Waals surface area (Å²) < 4.78 is 9.77. The van der Waals surface area contributed by atoms with E-state index in [0.717, 1.165) is 11.1 Å². The van der Waals surface area contributed by atoms with Crippen LogP contribution in [0.5, 0.6) is 0 Å². The van der Waals surface area contributed by atoms with Crippen molar-refractivity contribution in [3.8, 4) is 11.1 Å². The first-order valence-electron chi connectivity index (χ1n) is 9.84. The first kappa shape index (κ1) is 22.0. The summed E-state index contributed by atoms with van der Waals surface area (Å²) in [7, 11) is 1.26. The molecular formula is C23H24N2O6. The molecule has 0 aliphatic carbocycles. The highest BCUT2D eigenvalue weighted by Crippen LogP contribution is 2.26. The van der Waals surface area contributed by atoms with E-state index in [2.05, 4.69) is 5.32 Å². The van der Waals surface area contributed by atoms with Crippen molar-refractivity contribution in [2.45, 2.75) is 6.92 Å². The van der Waals surface area contributed by atoms with Crippen molar-refractivity contribution >= 4 is 23.5 Å². The number of hydrogen-bond donors (Lipinski definition) is 2. The van der Waals surface area contributed by atoms with Crippen molar-refractivity contribution in [2.24, 2.45) is 0 Å². The monoisotopic (exact) mass is 424 g/mol. The molecular weight excluding hydrogens is 400 g/mol. The molecule has 0 radical (unpaired) electrons. The van der Waals surface area contributed by atoms with Crippen LogP contribution in [0.15, 0.2) is 59.8 Å². The predicted octanol–water partition coefficient (Wildman–Crippen LogP) is 2.20. The van der Waals surface area contributed by atoms with E-state index in [4.69, 9.17) is 14.6 Å². The Kier molecular flexibility index (Phi) is 7.04. The van der Waals surface area contributed by atoms with E-state index in [-0.39, 0.29) is 42.8 Å². The second-order valence-corrected chi connectivity index (χ2v) is 6.80. The number of β-amino-alcohol motifs (C(OH)–C–C–N with tert-alkyl or cyclic N) is 1. The van der Waals surface area contributed by atoms with Crippen molar-refractivity contribution in [3.05, 3.63) is 65.4 Å². The maximum Gasteiger partial charge on any atom is 0.338 e. The Balaban J connectivity index is 1.77. The molecule has 2 aromatic rings. The number of nitrogens with zero attached hydrogens (tertiary/aromatic N) is 1. The van der Waals surface area contributed by atoms with Crippen LogP contribution in [0, 0.1) is 0 Å². The third-order valence-corrected chi connectivity index (χ3v) is 4.84. The lowest BCUT2D eigenvalue weighted by atomic mass is 10.0. The van der Waals surface area contributed by atoms with E-state index in [1.54, 1.807) is 31.2 Å². The average Bonchev–Trinajstić information content (AvgIpc) is 3.09. The number of nitrogens with one attached hydrogen (secondary N) is 1. The lowest BCUT2D eigenvalue weighted by Gasteiger charge is -2.15. The number of carbonyl (C=O) groups is 3. The summed E-state index contributed by atoms with van der Waals surface area (Å²) >= 11 is 0. The number of hydrogen-bond acceptors (Lipinski definition) is 7. The molecule has 0 fully saturated rings. The molecule has 0 saturated heterocycles. The van der Waals surface area contributed by atoms with Gasteiger partial charge >= 0.3 is 11.9 Å². The molecule has 2 N–H and O–H groups in total. The number of amides is 1. The van der Waals surface area contributed by atoms with Gasteiger partial charge in [0.25, 0.3) is 5.91 Å². The zero-order valence-electron chi connectivity index (χ0n) is 17.4. The van der Waals surface area contributed by atoms with E-state index in [9.17, 15) is 14.4 Å². The van der Waals surface area contributed by atoms with Crippen LogP contribution in [-0.4, -0.2) is 61.3 Å². The molecule has 8 heteroatoms. The van der Waals surface area contributed by atoms with E-state index in [1.807, 2.05) is 24.3 Å². The fraction of sp³-hybridized carbons (Fsp3) is 0.261. The van der Waals surface area contributed by atoms with Crippen LogP contribution in [0.3, 0.4) is 0 Å². The van der Waals surface area contributed by atoms with Gasteiger partial charge in [0.15, 0.2) is 0 Å². The Labute approximate surface area is 180 Å². The first-order valence-corrected chi connectivity index (χ1v) is 9.84. The highest BCUT2D eigenvalue weighted by molar-refractivity contribution is 6.08. The molecule has 0 bridgehead atoms. The summed E-state index contributed by atoms with van der Waals surface area (Å²) in [6.45, 7) is 2.10. The van der Waals surface area contributed by atoms with Crippen LogP contribution in [0.1, 0.15) is 17.3 Å². The summed E-state index contributed by atoms with van der Waals surface area (Å²) in [6.07, 6.45) is 0. The van der Waals surface area contributed by atoms with Gasteiger partial charge in [0.1, 0.15) is 5.70 Å². The van der Waals surface area contributed by atoms with Gasteiger partial charge in [-0.3, -0.25) is 4.79 Å². The van der Waals surface area contributed by atoms with Gasteiger partial charge in [-0.05, 0) is 42.3 Å². The Morgan fingerprint density at radius 1 is 1.03 bits per heavy atom. The molecule has 0 aromatic heterocycles. The molecule has 0 saturated carbocycles. The number of carbonyl (C=O) groups excluding carboxylic acids is 3. The SMILES string of the molecule is CCOC(=O)c1ccc(-c2ccc(NC3=C(C(=O)OC)CN(CCO)C3=O)cc2)cc1. The van der Waals surface area contributed by atoms with Crippen molar-refractivity contribution < 1.29 is 29.0 Å². The number of rotatable bonds is 8. The molecule has 8 nitrogen and oxygen atoms in total. The zero-order valence-corrected chi connectivity index (χ0v) is 17.4. The maximum absolute atomic E-state index is 12.6. The van der Waals surface area contributed by atoms with Crippen molar-refractivity contribution in [1.82, 2.24) is 4.90 Å². The molecule has 1 aliphatic heterocycles. The van der Waals surface area contributed by atoms with Crippen LogP contribution in [0.4, 0.5) is 5.69 Å². The third-order valence-electron chi connectivity index (χ3n) is 4.84. The molecule has 1 aliphatic rings. The lowest BCUT2D eigenvalue weighted by Crippen LogP contribution is -2.31. The highest BCUT2D eigenvalue weighted by atomic mass is 16.5. The van der Waals surface area contributed by atoms with Crippen molar-refractivity contribution in [3.63, 3.8) is 0 Å². The Hall–Kier alpha value is -3.65. The van der Waals surface area contributed by atoms with E-state index in [1.165, 1.54) is 12.0 Å². The van der Waals surface area contributed by atoms with Crippen LogP contribution in [0.25, 0.3) is 11.1 Å². The van der Waals surface area contributed by atoms with Gasteiger partial charge in [-0.25, -0.2) is 9.59 Å². The lowest BCUT2D eigenvalue weighted by molar-refractivity contribution is -0.136. The van der Waals surface area contributed by atoms with E-state index < -0.39 is 5.97 Å². The molecule has 31 heavy (non-hydrogen) atoms. The van der Waals surface area contributed by atoms with Gasteiger partial charge in [-0.2, -0.15) is 0 Å². The standard InChI is InChI=1S/C23H24N2O6/c1-3-31-22(28)17-6-4-15(5-7-17)16-8-10-18(11-9-16)24-20-19(23(29)30-2)14-25(12-13-26)21(20)27/h4-11,24,26H,3,12-14H2,1-2H3. The number of benzene rings is 2. The van der Waals surface area contributed by atoms with E-state index >= 15 is 0 Å². The van der Waals surface area contributed by atoms with Crippen molar-refractivity contribution in [2.75, 3.05) is 38.7 Å². The second kappa shape index (κ2) is 9.90. The molecule has 1 heterocycles. The summed E-state index contributed by atoms with van der Waals surface area (Å²) in [5.74, 6) is -1.32. The Morgan fingerprint density at radius 2 is 1.65 bits per heavy atom. The number of ether oxygens (including phenoxy) is 2. The maximum atomic E-state index is 12.6. The largest absolute Gasteiger partial charge is 0.466 e. The average molecular weight is 424 g/mol. The van der Waals surface area contributed by atoms with Gasteiger partial charge in [0, 0.05) is 12.2 Å². The van der Waals surface area contributed by atoms with Gasteiger partial charge in [-0.15, -0.1) is 0 Å². The molecule has 2 aromatic carbocycles. The third kappa shape index (κ3) is 4.92. The fourth-order valence-electron chi connectivity index (χ4n) is 3.25. The highest BCUT2D eigenvalue weighted by Gasteiger charge is 2.34. The fourth-order valence-corrected chi connectivity index (χ4v) is 3.25. The minimum atomic E-state index is -0.588. The van der Waals surface area contributed by atoms with Gasteiger partial charge in [0.05, 0.1) is 38.0 Å². The quantitative estimate of drug-likeness (QED) is 0.626. The van der Waals surface area contributed by atoms with Gasteiger partial charge in [-0.1, -0.05) is 24.3 Å². The van der Waals surface area contributed by atoms with Crippen LogP contribution >= 0.6 is 0 Å². The predicted molar refractivity (Wildman–Crippen MR) is 114 cm³/mol. The summed E-state index contributed by atoms with van der Waals surface area (Å²) in [6, 6.07) is 14.4. The summed E-state index contributed by atoms with van der Waals surface area (Å²) in [5.41, 5.74) is 3.31. The number of esters is 2. The van der Waals surface area contributed by atoms with Crippen LogP contribution in [-0.2, 0) is 19.1 Å². The van der Waals surface area contributed by atoms with Gasteiger partial charge in [0.2, 0.25) is 0 Å². The van der Waals surface area contributed by atoms with Crippen LogP contribution < -0.4 is 5.32 Å². The minimum Gasteiger partial charge on any atom is -0.466 e. The second-order valence-electron chi connectivity index (χ2n) is 6.80. The van der Waals surface area contributed by atoms with Gasteiger partial charge < -0.3 is 24.8 Å². The first-order chi connectivity index (χ1) is 15.0. The smallest absolute Gasteiger partial charge is 0.338 e. The molecule has 162 valence electrons. The zero-order chi connectivity index (χ0) is 22.4. The molecule has 0 unspecified atom stereocenters. The number of aliphatic hydroxyl groups excluding tert-OH is 1. The Morgan fingerprint density at radius 3 is 2.19 bits per heavy atom. The van der Waals surface area contributed by atoms with Crippen molar-refractivity contribution in [1.29, 1.82) is 0 Å². The summed E-state index contributed by atoms with van der Waals surface area (Å²) in [4.78, 5) is 37.8. The number of aliphatic hydroxyl groups is 1. The number of methoxy groups -OCH3 is 1. The molecule has 3 rings (SSSR count). The van der Waals surface area contributed by atoms with Crippen LogP contribution in [0.2, 0.25) is 0 Å². The molecule has 0 atom stereocenters. The Bertz CT molecular complexity index is 996. The normalized spacial score (nSPS) is 13.4. The summed E-state index contributed by atoms with van der Waals surface area (Å²) in [5, 5.41) is 12.1.